The molecule has 1 aromatic carbocycles. The average molecular weight is 372 g/mol. The van der Waals surface area contributed by atoms with E-state index in [2.05, 4.69) is 22.1 Å². The minimum Gasteiger partial charge on any atom is -0.457 e. The number of ether oxygens (including phenoxy) is 1. The molecule has 3 fully saturated rings. The van der Waals surface area contributed by atoms with Crippen molar-refractivity contribution in [2.45, 2.75) is 31.8 Å². The van der Waals surface area contributed by atoms with Gasteiger partial charge in [0.15, 0.2) is 0 Å². The molecule has 6 heteroatoms. The number of carbonyl (C=O) groups is 1. The van der Waals surface area contributed by atoms with Crippen LogP contribution in [0.25, 0.3) is 0 Å². The van der Waals surface area contributed by atoms with Crippen LogP contribution in [0.5, 0.6) is 11.5 Å². The first kappa shape index (κ1) is 17.3. The Kier molecular flexibility index (Phi) is 4.59. The summed E-state index contributed by atoms with van der Waals surface area (Å²) >= 11 is 5.86. The summed E-state index contributed by atoms with van der Waals surface area (Å²) < 4.78 is 5.74. The number of carbonyl (C=O) groups excluding carboxylic acids is 1. The Morgan fingerprint density at radius 3 is 2.58 bits per heavy atom. The number of hydrogen-bond acceptors (Lipinski definition) is 4. The van der Waals surface area contributed by atoms with E-state index in [4.69, 9.17) is 16.3 Å². The van der Waals surface area contributed by atoms with Crippen LogP contribution < -0.4 is 10.1 Å². The number of rotatable bonds is 4. The molecule has 0 radical (unpaired) electrons. The predicted octanol–water partition coefficient (Wildman–Crippen LogP) is 4.09. The molecule has 0 aliphatic carbocycles. The number of amides is 1. The number of fused-ring (bicyclic) bond motifs is 3. The summed E-state index contributed by atoms with van der Waals surface area (Å²) in [4.78, 5) is 19.0. The number of piperidine rings is 3. The van der Waals surface area contributed by atoms with Gasteiger partial charge in [0, 0.05) is 30.9 Å². The van der Waals surface area contributed by atoms with Gasteiger partial charge in [-0.05, 0) is 62.4 Å². The van der Waals surface area contributed by atoms with E-state index in [0.717, 1.165) is 25.4 Å². The molecule has 0 spiro atoms. The van der Waals surface area contributed by atoms with Gasteiger partial charge in [0.1, 0.15) is 16.7 Å². The lowest BCUT2D eigenvalue weighted by Crippen LogP contribution is -2.65. The van der Waals surface area contributed by atoms with Crippen molar-refractivity contribution >= 4 is 17.5 Å². The lowest BCUT2D eigenvalue weighted by molar-refractivity contribution is -0.0346. The van der Waals surface area contributed by atoms with Crippen LogP contribution in [0.4, 0.5) is 0 Å². The summed E-state index contributed by atoms with van der Waals surface area (Å²) in [6.07, 6.45) is 5.11. The minimum atomic E-state index is -0.235. The zero-order chi connectivity index (χ0) is 18.1. The molecule has 1 aromatic heterocycles. The van der Waals surface area contributed by atoms with E-state index in [-0.39, 0.29) is 11.6 Å². The van der Waals surface area contributed by atoms with E-state index in [1.165, 1.54) is 12.8 Å². The molecule has 5 rings (SSSR count). The largest absolute Gasteiger partial charge is 0.457 e. The van der Waals surface area contributed by atoms with Crippen molar-refractivity contribution in [2.75, 3.05) is 13.1 Å². The zero-order valence-corrected chi connectivity index (χ0v) is 15.5. The van der Waals surface area contributed by atoms with Crippen LogP contribution in [0, 0.1) is 5.92 Å². The highest BCUT2D eigenvalue weighted by Gasteiger charge is 2.43. The Balaban J connectivity index is 1.42. The number of halogens is 1. The van der Waals surface area contributed by atoms with Crippen molar-refractivity contribution in [3.8, 4) is 11.5 Å². The highest BCUT2D eigenvalue weighted by Crippen LogP contribution is 2.37. The smallest absolute Gasteiger partial charge is 0.252 e. The van der Waals surface area contributed by atoms with Gasteiger partial charge in [-0.1, -0.05) is 11.6 Å². The summed E-state index contributed by atoms with van der Waals surface area (Å²) in [7, 11) is 0. The molecule has 5 nitrogen and oxygen atoms in total. The van der Waals surface area contributed by atoms with Crippen LogP contribution in [0.3, 0.4) is 0 Å². The van der Waals surface area contributed by atoms with Crippen LogP contribution in [0.1, 0.15) is 36.5 Å². The molecule has 26 heavy (non-hydrogen) atoms. The summed E-state index contributed by atoms with van der Waals surface area (Å²) in [5, 5.41) is 3.62. The van der Waals surface area contributed by atoms with E-state index in [1.807, 2.05) is 0 Å². The highest BCUT2D eigenvalue weighted by atomic mass is 35.5. The summed E-state index contributed by atoms with van der Waals surface area (Å²) in [6, 6.07) is 10.5. The maximum absolute atomic E-state index is 12.7. The Morgan fingerprint density at radius 2 is 1.96 bits per heavy atom. The second-order valence-electron chi connectivity index (χ2n) is 7.30. The Hall–Kier alpha value is -2.11. The number of aromatic nitrogens is 1. The van der Waals surface area contributed by atoms with Crippen molar-refractivity contribution in [1.29, 1.82) is 0 Å². The molecule has 0 unspecified atom stereocenters. The van der Waals surface area contributed by atoms with Crippen molar-refractivity contribution in [3.63, 3.8) is 0 Å². The molecule has 1 atom stereocenters. The molecule has 136 valence electrons. The fourth-order valence-electron chi connectivity index (χ4n) is 4.03. The topological polar surface area (TPSA) is 54.5 Å². The Labute approximate surface area is 158 Å². The number of nitrogens with zero attached hydrogens (tertiary/aromatic N) is 2. The lowest BCUT2D eigenvalue weighted by atomic mass is 9.80. The maximum Gasteiger partial charge on any atom is 0.252 e. The average Bonchev–Trinajstić information content (AvgIpc) is 2.63. The van der Waals surface area contributed by atoms with Crippen LogP contribution in [0.15, 0.2) is 42.6 Å². The molecule has 1 N–H and O–H groups in total. The SMILES string of the molecule is C[C@@]1(NC(=O)c2ccc(Oc3ccnc(Cl)c3)cc2)CC2CCN1CC2. The van der Waals surface area contributed by atoms with Gasteiger partial charge in [0.25, 0.3) is 5.91 Å². The maximum atomic E-state index is 12.7. The third-order valence-electron chi connectivity index (χ3n) is 5.43. The molecule has 3 aliphatic heterocycles. The molecule has 4 heterocycles. The molecular formula is C20H22ClN3O2. The monoisotopic (exact) mass is 371 g/mol. The Morgan fingerprint density at radius 1 is 1.23 bits per heavy atom. The second-order valence-corrected chi connectivity index (χ2v) is 7.69. The standard InChI is InChI=1S/C20H22ClN3O2/c1-20(13-14-7-10-24(20)11-8-14)23-19(25)15-2-4-16(5-3-15)26-17-6-9-22-18(21)12-17/h2-6,9,12,14H,7-8,10-11,13H2,1H3,(H,23,25)/t20-/m0/s1. The summed E-state index contributed by atoms with van der Waals surface area (Å²) in [6.45, 7) is 4.28. The first-order valence-corrected chi connectivity index (χ1v) is 9.37. The first-order valence-electron chi connectivity index (χ1n) is 8.99. The summed E-state index contributed by atoms with van der Waals surface area (Å²) in [5.74, 6) is 1.95. The second kappa shape index (κ2) is 6.89. The fourth-order valence-corrected chi connectivity index (χ4v) is 4.19. The molecule has 3 saturated heterocycles. The third kappa shape index (κ3) is 3.55. The normalized spacial score (nSPS) is 27.2. The van der Waals surface area contributed by atoms with Gasteiger partial charge in [0.05, 0.1) is 5.66 Å². The van der Waals surface area contributed by atoms with Crippen LogP contribution >= 0.6 is 11.6 Å². The van der Waals surface area contributed by atoms with Gasteiger partial charge < -0.3 is 10.1 Å². The van der Waals surface area contributed by atoms with Crippen molar-refractivity contribution < 1.29 is 9.53 Å². The molecule has 2 aromatic rings. The molecule has 2 bridgehead atoms. The predicted molar refractivity (Wildman–Crippen MR) is 101 cm³/mol. The zero-order valence-electron chi connectivity index (χ0n) is 14.7. The Bertz CT molecular complexity index is 803. The van der Waals surface area contributed by atoms with Gasteiger partial charge >= 0.3 is 0 Å². The minimum absolute atomic E-state index is 0.0430. The third-order valence-corrected chi connectivity index (χ3v) is 5.64. The summed E-state index contributed by atoms with van der Waals surface area (Å²) in [5.41, 5.74) is 0.398. The molecular weight excluding hydrogens is 350 g/mol. The van der Waals surface area contributed by atoms with Gasteiger partial charge in [0.2, 0.25) is 0 Å². The van der Waals surface area contributed by atoms with Gasteiger partial charge in [-0.2, -0.15) is 0 Å². The van der Waals surface area contributed by atoms with Gasteiger partial charge in [-0.25, -0.2) is 4.98 Å². The van der Waals surface area contributed by atoms with E-state index in [0.29, 0.717) is 22.2 Å². The highest BCUT2D eigenvalue weighted by molar-refractivity contribution is 6.29. The van der Waals surface area contributed by atoms with Crippen molar-refractivity contribution in [3.05, 3.63) is 53.3 Å². The fraction of sp³-hybridized carbons (Fsp3) is 0.400. The molecule has 3 aliphatic rings. The van der Waals surface area contributed by atoms with Crippen LogP contribution in [0.2, 0.25) is 5.15 Å². The van der Waals surface area contributed by atoms with Crippen LogP contribution in [-0.2, 0) is 0 Å². The van der Waals surface area contributed by atoms with Crippen molar-refractivity contribution in [2.24, 2.45) is 5.92 Å². The number of hydrogen-bond donors (Lipinski definition) is 1. The molecule has 1 amide bonds. The van der Waals surface area contributed by atoms with Crippen molar-refractivity contribution in [1.82, 2.24) is 15.2 Å². The van der Waals surface area contributed by atoms with Gasteiger partial charge in [-0.3, -0.25) is 9.69 Å². The first-order chi connectivity index (χ1) is 12.5. The quantitative estimate of drug-likeness (QED) is 0.822. The van der Waals surface area contributed by atoms with Crippen LogP contribution in [-0.4, -0.2) is 34.5 Å². The number of nitrogens with one attached hydrogen (secondary N) is 1. The van der Waals surface area contributed by atoms with E-state index < -0.39 is 0 Å². The lowest BCUT2D eigenvalue weighted by Gasteiger charge is -2.52. The van der Waals surface area contributed by atoms with E-state index in [9.17, 15) is 4.79 Å². The number of benzene rings is 1. The number of pyridine rings is 1. The molecule has 0 saturated carbocycles. The van der Waals surface area contributed by atoms with E-state index in [1.54, 1.807) is 42.6 Å². The van der Waals surface area contributed by atoms with Gasteiger partial charge in [-0.15, -0.1) is 0 Å². The van der Waals surface area contributed by atoms with E-state index >= 15 is 0 Å².